The van der Waals surface area contributed by atoms with Gasteiger partial charge in [-0.05, 0) is 44.4 Å². The zero-order valence-electron chi connectivity index (χ0n) is 37.4. The maximum absolute atomic E-state index is 12.7. The van der Waals surface area contributed by atoms with Gasteiger partial charge in [0.15, 0.2) is 6.10 Å². The molecule has 60 heavy (non-hydrogen) atoms. The average molecular weight is 899 g/mol. The SMILES string of the molecule is CCCCC/C=C\CC1OC1CCCCCCCC(=O)OC[C@H](COP(=O)(O)OC[C@@H](O)COP(=O)(O)O)OC(=O)CCCCCCCCCCCCCCCCC(C)C. The molecule has 0 aliphatic carbocycles. The zero-order valence-corrected chi connectivity index (χ0v) is 39.2. The number of aliphatic hydroxyl groups is 1. The quantitative estimate of drug-likeness (QED) is 0.0148. The first-order chi connectivity index (χ1) is 28.7. The van der Waals surface area contributed by atoms with Gasteiger partial charge in [0.2, 0.25) is 0 Å². The van der Waals surface area contributed by atoms with E-state index in [0.29, 0.717) is 25.0 Å². The van der Waals surface area contributed by atoms with Gasteiger partial charge in [-0.3, -0.25) is 23.2 Å². The van der Waals surface area contributed by atoms with Gasteiger partial charge in [-0.1, -0.05) is 161 Å². The smallest absolute Gasteiger partial charge is 0.462 e. The van der Waals surface area contributed by atoms with Crippen molar-refractivity contribution < 1.29 is 66.3 Å². The number of hydrogen-bond acceptors (Lipinski definition) is 11. The predicted octanol–water partition coefficient (Wildman–Crippen LogP) is 11.0. The van der Waals surface area contributed by atoms with Gasteiger partial charge in [0.1, 0.15) is 12.7 Å². The molecule has 1 heterocycles. The highest BCUT2D eigenvalue weighted by Crippen LogP contribution is 2.44. The van der Waals surface area contributed by atoms with E-state index in [1.165, 1.54) is 89.9 Å². The molecule has 5 atom stereocenters. The van der Waals surface area contributed by atoms with E-state index in [0.717, 1.165) is 70.1 Å². The van der Waals surface area contributed by atoms with Crippen LogP contribution in [0, 0.1) is 5.92 Å². The molecule has 1 fully saturated rings. The number of unbranched alkanes of at least 4 members (excludes halogenated alkanes) is 20. The number of phosphoric acid groups is 2. The molecule has 0 amide bonds. The van der Waals surface area contributed by atoms with Crippen LogP contribution in [0.15, 0.2) is 12.2 Å². The Morgan fingerprint density at radius 3 is 1.70 bits per heavy atom. The van der Waals surface area contributed by atoms with Crippen LogP contribution >= 0.6 is 15.6 Å². The normalized spacial score (nSPS) is 17.5. The highest BCUT2D eigenvalue weighted by Gasteiger charge is 2.36. The van der Waals surface area contributed by atoms with Crippen molar-refractivity contribution in [2.45, 2.75) is 225 Å². The number of hydrogen-bond donors (Lipinski definition) is 4. The number of carbonyl (C=O) groups is 2. The largest absolute Gasteiger partial charge is 0.472 e. The Morgan fingerprint density at radius 2 is 1.13 bits per heavy atom. The van der Waals surface area contributed by atoms with Gasteiger partial charge >= 0.3 is 27.6 Å². The Bertz CT molecular complexity index is 1200. The van der Waals surface area contributed by atoms with Crippen molar-refractivity contribution in [1.82, 2.24) is 0 Å². The molecule has 14 nitrogen and oxygen atoms in total. The van der Waals surface area contributed by atoms with E-state index in [-0.39, 0.29) is 12.8 Å². The lowest BCUT2D eigenvalue weighted by Gasteiger charge is -2.20. The van der Waals surface area contributed by atoms with E-state index in [1.54, 1.807) is 0 Å². The van der Waals surface area contributed by atoms with Crippen molar-refractivity contribution in [1.29, 1.82) is 0 Å². The second kappa shape index (κ2) is 36.2. The minimum atomic E-state index is -4.86. The molecule has 0 saturated carbocycles. The molecule has 16 heteroatoms. The lowest BCUT2D eigenvalue weighted by Crippen LogP contribution is -2.30. The van der Waals surface area contributed by atoms with Gasteiger partial charge in [-0.25, -0.2) is 9.13 Å². The van der Waals surface area contributed by atoms with Gasteiger partial charge in [0, 0.05) is 12.8 Å². The van der Waals surface area contributed by atoms with Crippen LogP contribution in [0.5, 0.6) is 0 Å². The molecular formula is C44H84O14P2. The molecule has 0 radical (unpaired) electrons. The zero-order chi connectivity index (χ0) is 44.3. The molecule has 1 saturated heterocycles. The highest BCUT2D eigenvalue weighted by atomic mass is 31.2. The van der Waals surface area contributed by atoms with Crippen molar-refractivity contribution in [2.75, 3.05) is 26.4 Å². The van der Waals surface area contributed by atoms with Gasteiger partial charge in [-0.15, -0.1) is 0 Å². The van der Waals surface area contributed by atoms with Gasteiger partial charge in [0.05, 0.1) is 32.0 Å². The van der Waals surface area contributed by atoms with E-state index in [9.17, 15) is 28.7 Å². The fraction of sp³-hybridized carbons (Fsp3) is 0.909. The van der Waals surface area contributed by atoms with Crippen molar-refractivity contribution in [3.8, 4) is 0 Å². The second-order valence-electron chi connectivity index (χ2n) is 16.9. The highest BCUT2D eigenvalue weighted by molar-refractivity contribution is 7.47. The third-order valence-electron chi connectivity index (χ3n) is 10.5. The van der Waals surface area contributed by atoms with Crippen molar-refractivity contribution in [3.63, 3.8) is 0 Å². The van der Waals surface area contributed by atoms with E-state index in [1.807, 2.05) is 0 Å². The van der Waals surface area contributed by atoms with Crippen LogP contribution in [-0.4, -0.2) is 82.6 Å². The summed E-state index contributed by atoms with van der Waals surface area (Å²) in [6.07, 6.45) is 32.2. The summed E-state index contributed by atoms with van der Waals surface area (Å²) in [4.78, 5) is 52.8. The van der Waals surface area contributed by atoms with Crippen LogP contribution in [0.4, 0.5) is 0 Å². The van der Waals surface area contributed by atoms with Crippen molar-refractivity contribution >= 4 is 27.6 Å². The second-order valence-corrected chi connectivity index (χ2v) is 19.6. The van der Waals surface area contributed by atoms with Crippen LogP contribution in [0.1, 0.15) is 201 Å². The maximum Gasteiger partial charge on any atom is 0.472 e. The van der Waals surface area contributed by atoms with Gasteiger partial charge in [-0.2, -0.15) is 0 Å². The third-order valence-corrected chi connectivity index (χ3v) is 11.9. The molecule has 1 rings (SSSR count). The van der Waals surface area contributed by atoms with Crippen LogP contribution in [0.25, 0.3) is 0 Å². The predicted molar refractivity (Wildman–Crippen MR) is 234 cm³/mol. The van der Waals surface area contributed by atoms with Crippen molar-refractivity contribution in [2.24, 2.45) is 5.92 Å². The number of aliphatic hydroxyl groups excluding tert-OH is 1. The number of esters is 2. The Balaban J connectivity index is 2.32. The van der Waals surface area contributed by atoms with E-state index in [2.05, 4.69) is 37.4 Å². The van der Waals surface area contributed by atoms with Crippen LogP contribution in [0.3, 0.4) is 0 Å². The Kier molecular flexibility index (Phi) is 34.3. The van der Waals surface area contributed by atoms with Gasteiger partial charge in [0.25, 0.3) is 0 Å². The van der Waals surface area contributed by atoms with Crippen LogP contribution < -0.4 is 0 Å². The van der Waals surface area contributed by atoms with E-state index < -0.39 is 66.2 Å². The molecule has 0 spiro atoms. The summed E-state index contributed by atoms with van der Waals surface area (Å²) in [6, 6.07) is 0. The number of ether oxygens (including phenoxy) is 3. The average Bonchev–Trinajstić information content (AvgIpc) is 3.95. The maximum atomic E-state index is 12.7. The van der Waals surface area contributed by atoms with E-state index >= 15 is 0 Å². The standard InChI is InChI=1S/C44H84O14P2/c1-4-5-6-7-20-25-30-41-42(58-41)31-26-21-18-23-27-32-43(46)53-36-40(37-56-60(51,52)55-35-39(45)34-54-59(48,49)50)57-44(47)33-28-22-17-15-13-11-9-8-10-12-14-16-19-24-29-38(2)3/h20,25,38-42,45H,4-19,21-24,26-37H2,1-3H3,(H,51,52)(H2,48,49,50)/b25-20-/t39-,40+,41?,42?/m0/s1. The van der Waals surface area contributed by atoms with Crippen LogP contribution in [-0.2, 0) is 46.5 Å². The first-order valence-electron chi connectivity index (χ1n) is 23.4. The first-order valence-corrected chi connectivity index (χ1v) is 26.4. The van der Waals surface area contributed by atoms with Crippen LogP contribution in [0.2, 0.25) is 0 Å². The third kappa shape index (κ3) is 37.4. The topological polar surface area (TPSA) is 208 Å². The summed E-state index contributed by atoms with van der Waals surface area (Å²) in [5, 5.41) is 9.76. The summed E-state index contributed by atoms with van der Waals surface area (Å²) in [7, 11) is -9.68. The lowest BCUT2D eigenvalue weighted by atomic mass is 10.0. The summed E-state index contributed by atoms with van der Waals surface area (Å²) in [6.45, 7) is 4.06. The Hall–Kier alpha value is -1.18. The molecule has 4 N–H and O–H groups in total. The minimum absolute atomic E-state index is 0.130. The molecule has 0 bridgehead atoms. The first kappa shape index (κ1) is 56.8. The summed E-state index contributed by atoms with van der Waals surface area (Å²) < 4.78 is 53.7. The Labute approximate surface area is 362 Å². The number of epoxide rings is 1. The monoisotopic (exact) mass is 899 g/mol. The number of phosphoric ester groups is 2. The molecule has 1 aliphatic rings. The number of carbonyl (C=O) groups excluding carboxylic acids is 2. The molecule has 0 aromatic carbocycles. The van der Waals surface area contributed by atoms with E-state index in [4.69, 9.17) is 33.0 Å². The van der Waals surface area contributed by atoms with Gasteiger partial charge < -0.3 is 34.0 Å². The summed E-state index contributed by atoms with van der Waals surface area (Å²) >= 11 is 0. The van der Waals surface area contributed by atoms with Crippen molar-refractivity contribution in [3.05, 3.63) is 12.2 Å². The Morgan fingerprint density at radius 1 is 0.617 bits per heavy atom. The molecule has 1 aliphatic heterocycles. The molecule has 0 aromatic rings. The lowest BCUT2D eigenvalue weighted by molar-refractivity contribution is -0.161. The number of rotatable bonds is 43. The molecule has 3 unspecified atom stereocenters. The minimum Gasteiger partial charge on any atom is -0.462 e. The molecule has 354 valence electrons. The molecular weight excluding hydrogens is 814 g/mol. The molecule has 0 aromatic heterocycles. The fourth-order valence-electron chi connectivity index (χ4n) is 6.83. The summed E-state index contributed by atoms with van der Waals surface area (Å²) in [5.41, 5.74) is 0. The fourth-order valence-corrected chi connectivity index (χ4v) is 7.99. The summed E-state index contributed by atoms with van der Waals surface area (Å²) in [5.74, 6) is -0.237. The number of allylic oxidation sites excluding steroid dienone is 1.